The van der Waals surface area contributed by atoms with Crippen LogP contribution in [0.1, 0.15) is 27.2 Å². The molecule has 0 unspecified atom stereocenters. The number of carbonyl (C=O) groups is 1. The monoisotopic (exact) mass is 268 g/mol. The van der Waals surface area contributed by atoms with Gasteiger partial charge in [0.15, 0.2) is 0 Å². The van der Waals surface area contributed by atoms with Crippen molar-refractivity contribution >= 4 is 11.6 Å². The molecule has 4 nitrogen and oxygen atoms in total. The van der Waals surface area contributed by atoms with Crippen LogP contribution in [0.3, 0.4) is 0 Å². The fraction of sp³-hybridized carbons (Fsp3) is 0.188. The number of hydrogen-bond donors (Lipinski definition) is 2. The van der Waals surface area contributed by atoms with E-state index < -0.39 is 0 Å². The largest absolute Gasteiger partial charge is 0.469 e. The molecule has 3 N–H and O–H groups in total. The van der Waals surface area contributed by atoms with Gasteiger partial charge < -0.3 is 15.5 Å². The van der Waals surface area contributed by atoms with Crippen molar-refractivity contribution in [2.24, 2.45) is 5.73 Å². The van der Waals surface area contributed by atoms with E-state index in [1.807, 2.05) is 25.1 Å². The molecular formula is C16H16N2O2. The molecule has 1 heterocycles. The lowest BCUT2D eigenvalue weighted by Crippen LogP contribution is -2.11. The molecule has 20 heavy (non-hydrogen) atoms. The second kappa shape index (κ2) is 6.09. The van der Waals surface area contributed by atoms with Crippen LogP contribution < -0.4 is 11.1 Å². The molecule has 2 rings (SSSR count). The SMILES string of the molecule is Cc1cc(C(=O)Nc2ccc(C#CCN)c(C)c2)co1. The van der Waals surface area contributed by atoms with E-state index in [0.717, 1.165) is 16.8 Å². The van der Waals surface area contributed by atoms with Crippen molar-refractivity contribution in [1.82, 2.24) is 0 Å². The van der Waals surface area contributed by atoms with Crippen LogP contribution in [0.4, 0.5) is 5.69 Å². The first kappa shape index (κ1) is 13.9. The fourth-order valence-corrected chi connectivity index (χ4v) is 1.79. The third kappa shape index (κ3) is 3.28. The van der Waals surface area contributed by atoms with Crippen molar-refractivity contribution in [3.63, 3.8) is 0 Å². The summed E-state index contributed by atoms with van der Waals surface area (Å²) in [5.41, 5.74) is 8.48. The van der Waals surface area contributed by atoms with Crippen LogP contribution in [-0.4, -0.2) is 12.5 Å². The van der Waals surface area contributed by atoms with Gasteiger partial charge in [-0.15, -0.1) is 0 Å². The first-order chi connectivity index (χ1) is 9.60. The van der Waals surface area contributed by atoms with E-state index in [1.54, 1.807) is 13.0 Å². The minimum absolute atomic E-state index is 0.193. The number of rotatable bonds is 2. The lowest BCUT2D eigenvalue weighted by molar-refractivity contribution is 0.102. The number of benzene rings is 1. The zero-order valence-electron chi connectivity index (χ0n) is 11.5. The molecule has 0 radical (unpaired) electrons. The van der Waals surface area contributed by atoms with Crippen LogP contribution in [0.15, 0.2) is 34.9 Å². The molecule has 102 valence electrons. The topological polar surface area (TPSA) is 68.3 Å². The number of aryl methyl sites for hydroxylation is 2. The second-order valence-corrected chi connectivity index (χ2v) is 4.44. The van der Waals surface area contributed by atoms with Gasteiger partial charge in [0.05, 0.1) is 12.1 Å². The van der Waals surface area contributed by atoms with E-state index in [-0.39, 0.29) is 5.91 Å². The van der Waals surface area contributed by atoms with Gasteiger partial charge in [0.25, 0.3) is 5.91 Å². The van der Waals surface area contributed by atoms with E-state index in [1.165, 1.54) is 6.26 Å². The molecule has 1 amide bonds. The van der Waals surface area contributed by atoms with Crippen molar-refractivity contribution in [1.29, 1.82) is 0 Å². The number of nitrogens with one attached hydrogen (secondary N) is 1. The number of amides is 1. The van der Waals surface area contributed by atoms with Gasteiger partial charge in [0, 0.05) is 11.3 Å². The molecule has 0 fully saturated rings. The van der Waals surface area contributed by atoms with Crippen LogP contribution in [0, 0.1) is 25.7 Å². The van der Waals surface area contributed by atoms with Crippen molar-refractivity contribution in [2.75, 3.05) is 11.9 Å². The lowest BCUT2D eigenvalue weighted by atomic mass is 10.1. The van der Waals surface area contributed by atoms with E-state index in [9.17, 15) is 4.79 Å². The van der Waals surface area contributed by atoms with Gasteiger partial charge in [-0.05, 0) is 43.7 Å². The van der Waals surface area contributed by atoms with Crippen molar-refractivity contribution < 1.29 is 9.21 Å². The molecule has 4 heteroatoms. The summed E-state index contributed by atoms with van der Waals surface area (Å²) in [6, 6.07) is 7.27. The second-order valence-electron chi connectivity index (χ2n) is 4.44. The maximum Gasteiger partial charge on any atom is 0.258 e. The minimum atomic E-state index is -0.193. The van der Waals surface area contributed by atoms with Gasteiger partial charge in [-0.25, -0.2) is 0 Å². The molecule has 0 saturated heterocycles. The van der Waals surface area contributed by atoms with Crippen LogP contribution >= 0.6 is 0 Å². The van der Waals surface area contributed by atoms with Crippen LogP contribution in [0.2, 0.25) is 0 Å². The highest BCUT2D eigenvalue weighted by Gasteiger charge is 2.09. The highest BCUT2D eigenvalue weighted by atomic mass is 16.3. The van der Waals surface area contributed by atoms with E-state index in [0.29, 0.717) is 17.9 Å². The Hall–Kier alpha value is -2.51. The summed E-state index contributed by atoms with van der Waals surface area (Å²) in [7, 11) is 0. The molecule has 1 aromatic heterocycles. The van der Waals surface area contributed by atoms with Crippen LogP contribution in [0.5, 0.6) is 0 Å². The Labute approximate surface area is 118 Å². The average Bonchev–Trinajstić information content (AvgIpc) is 2.85. The summed E-state index contributed by atoms with van der Waals surface area (Å²) < 4.78 is 5.12. The Bertz CT molecular complexity index is 690. The third-order valence-electron chi connectivity index (χ3n) is 2.80. The Morgan fingerprint density at radius 3 is 2.75 bits per heavy atom. The van der Waals surface area contributed by atoms with Gasteiger partial charge in [0.2, 0.25) is 0 Å². The molecular weight excluding hydrogens is 252 g/mol. The average molecular weight is 268 g/mol. The Morgan fingerprint density at radius 2 is 2.15 bits per heavy atom. The zero-order valence-corrected chi connectivity index (χ0v) is 11.5. The van der Waals surface area contributed by atoms with Gasteiger partial charge in [-0.3, -0.25) is 4.79 Å². The van der Waals surface area contributed by atoms with Crippen molar-refractivity contribution in [2.45, 2.75) is 13.8 Å². The smallest absolute Gasteiger partial charge is 0.258 e. The quantitative estimate of drug-likeness (QED) is 0.822. The van der Waals surface area contributed by atoms with Gasteiger partial charge in [-0.2, -0.15) is 0 Å². The first-order valence-electron chi connectivity index (χ1n) is 6.26. The highest BCUT2D eigenvalue weighted by Crippen LogP contribution is 2.16. The number of nitrogens with two attached hydrogens (primary N) is 1. The molecule has 0 aliphatic rings. The Balaban J connectivity index is 2.14. The van der Waals surface area contributed by atoms with Gasteiger partial charge >= 0.3 is 0 Å². The minimum Gasteiger partial charge on any atom is -0.469 e. The number of furan rings is 1. The normalized spacial score (nSPS) is 9.75. The maximum absolute atomic E-state index is 12.0. The molecule has 0 spiro atoms. The fourth-order valence-electron chi connectivity index (χ4n) is 1.79. The number of anilines is 1. The molecule has 0 bridgehead atoms. The summed E-state index contributed by atoms with van der Waals surface area (Å²) >= 11 is 0. The van der Waals surface area contributed by atoms with Crippen LogP contribution in [-0.2, 0) is 0 Å². The summed E-state index contributed by atoms with van der Waals surface area (Å²) in [6.07, 6.45) is 1.44. The predicted octanol–water partition coefficient (Wildman–Crippen LogP) is 2.46. The van der Waals surface area contributed by atoms with Crippen LogP contribution in [0.25, 0.3) is 0 Å². The maximum atomic E-state index is 12.0. The molecule has 0 saturated carbocycles. The van der Waals surface area contributed by atoms with E-state index in [2.05, 4.69) is 17.2 Å². The summed E-state index contributed by atoms with van der Waals surface area (Å²) in [4.78, 5) is 12.0. The summed E-state index contributed by atoms with van der Waals surface area (Å²) in [5.74, 6) is 6.31. The first-order valence-corrected chi connectivity index (χ1v) is 6.26. The van der Waals surface area contributed by atoms with Crippen molar-refractivity contribution in [3.8, 4) is 11.8 Å². The lowest BCUT2D eigenvalue weighted by Gasteiger charge is -2.06. The molecule has 0 atom stereocenters. The Kier molecular flexibility index (Phi) is 4.24. The van der Waals surface area contributed by atoms with Crippen molar-refractivity contribution in [3.05, 3.63) is 53.0 Å². The third-order valence-corrected chi connectivity index (χ3v) is 2.80. The number of carbonyl (C=O) groups excluding carboxylic acids is 1. The molecule has 1 aromatic carbocycles. The summed E-state index contributed by atoms with van der Waals surface area (Å²) in [5, 5.41) is 2.82. The predicted molar refractivity (Wildman–Crippen MR) is 78.5 cm³/mol. The van der Waals surface area contributed by atoms with Gasteiger partial charge in [-0.1, -0.05) is 11.8 Å². The Morgan fingerprint density at radius 1 is 1.35 bits per heavy atom. The molecule has 0 aliphatic heterocycles. The van der Waals surface area contributed by atoms with Gasteiger partial charge in [0.1, 0.15) is 12.0 Å². The highest BCUT2D eigenvalue weighted by molar-refractivity contribution is 6.04. The number of hydrogen-bond acceptors (Lipinski definition) is 3. The molecule has 0 aliphatic carbocycles. The molecule has 2 aromatic rings. The van der Waals surface area contributed by atoms with E-state index in [4.69, 9.17) is 10.2 Å². The van der Waals surface area contributed by atoms with E-state index >= 15 is 0 Å². The zero-order chi connectivity index (χ0) is 14.5. The standard InChI is InChI=1S/C16H16N2O2/c1-11-8-15(6-5-13(11)4-3-7-17)18-16(19)14-9-12(2)20-10-14/h5-6,8-10H,7,17H2,1-2H3,(H,18,19). The summed E-state index contributed by atoms with van der Waals surface area (Å²) in [6.45, 7) is 4.07.